The summed E-state index contributed by atoms with van der Waals surface area (Å²) < 4.78 is 13.8. The summed E-state index contributed by atoms with van der Waals surface area (Å²) in [6.07, 6.45) is 0.0994. The molecule has 0 bridgehead atoms. The molecule has 20 heavy (non-hydrogen) atoms. The molecule has 8 heteroatoms. The number of aromatic nitrogens is 3. The Balaban J connectivity index is 2.36. The van der Waals surface area contributed by atoms with E-state index in [-0.39, 0.29) is 17.8 Å². The number of benzene rings is 1. The van der Waals surface area contributed by atoms with Crippen molar-refractivity contribution in [3.8, 4) is 0 Å². The van der Waals surface area contributed by atoms with Gasteiger partial charge in [-0.05, 0) is 17.7 Å². The summed E-state index contributed by atoms with van der Waals surface area (Å²) in [4.78, 5) is 21.8. The van der Waals surface area contributed by atoms with Crippen molar-refractivity contribution in [3.05, 3.63) is 47.0 Å². The highest BCUT2D eigenvalue weighted by Crippen LogP contribution is 2.13. The van der Waals surface area contributed by atoms with Crippen LogP contribution in [0.1, 0.15) is 21.7 Å². The minimum Gasteiger partial charge on any atom is -0.480 e. The van der Waals surface area contributed by atoms with E-state index in [2.05, 4.69) is 10.3 Å². The van der Waals surface area contributed by atoms with Crippen LogP contribution in [-0.2, 0) is 17.8 Å². The van der Waals surface area contributed by atoms with Gasteiger partial charge in [0.1, 0.15) is 12.4 Å². The highest BCUT2D eigenvalue weighted by Gasteiger charge is 2.20. The summed E-state index contributed by atoms with van der Waals surface area (Å²) >= 11 is 0. The van der Waals surface area contributed by atoms with E-state index < -0.39 is 24.3 Å². The van der Waals surface area contributed by atoms with Gasteiger partial charge in [0.25, 0.3) is 0 Å². The summed E-state index contributed by atoms with van der Waals surface area (Å²) in [6.45, 7) is -0.489. The number of aliphatic carboxylic acids is 1. The zero-order valence-electron chi connectivity index (χ0n) is 10.2. The van der Waals surface area contributed by atoms with Crippen LogP contribution in [0.2, 0.25) is 0 Å². The molecule has 0 aliphatic carbocycles. The molecule has 0 spiro atoms. The molecule has 7 nitrogen and oxygen atoms in total. The Labute approximate surface area is 112 Å². The molecule has 0 fully saturated rings. The summed E-state index contributed by atoms with van der Waals surface area (Å²) in [6, 6.07) is 5.44. The molecule has 1 aromatic carbocycles. The molecule has 0 radical (unpaired) electrons. The second kappa shape index (κ2) is 5.47. The lowest BCUT2D eigenvalue weighted by Crippen LogP contribution is -2.14. The van der Waals surface area contributed by atoms with E-state index >= 15 is 0 Å². The van der Waals surface area contributed by atoms with E-state index in [9.17, 15) is 14.0 Å². The first-order chi connectivity index (χ1) is 9.47. The van der Waals surface area contributed by atoms with Crippen LogP contribution in [0.4, 0.5) is 4.39 Å². The number of aromatic carboxylic acids is 1. The summed E-state index contributed by atoms with van der Waals surface area (Å²) in [5.74, 6) is -2.87. The maximum Gasteiger partial charge on any atom is 0.358 e. The van der Waals surface area contributed by atoms with E-state index in [4.69, 9.17) is 10.2 Å². The summed E-state index contributed by atoms with van der Waals surface area (Å²) in [5.41, 5.74) is 0.477. The summed E-state index contributed by atoms with van der Waals surface area (Å²) in [7, 11) is 0. The average molecular weight is 279 g/mol. The van der Waals surface area contributed by atoms with Crippen molar-refractivity contribution < 1.29 is 24.2 Å². The van der Waals surface area contributed by atoms with Gasteiger partial charge >= 0.3 is 11.9 Å². The van der Waals surface area contributed by atoms with Crippen LogP contribution in [0.25, 0.3) is 0 Å². The minimum absolute atomic E-state index is 0.0994. The van der Waals surface area contributed by atoms with E-state index in [1.165, 1.54) is 24.3 Å². The van der Waals surface area contributed by atoms with Crippen LogP contribution in [0.15, 0.2) is 24.3 Å². The fraction of sp³-hybridized carbons (Fsp3) is 0.167. The van der Waals surface area contributed by atoms with E-state index in [1.807, 2.05) is 0 Å². The minimum atomic E-state index is -1.29. The Hall–Kier alpha value is -2.77. The first kappa shape index (κ1) is 13.7. The molecule has 2 rings (SSSR count). The van der Waals surface area contributed by atoms with Gasteiger partial charge in [-0.3, -0.25) is 4.79 Å². The topological polar surface area (TPSA) is 105 Å². The second-order valence-electron chi connectivity index (χ2n) is 4.04. The molecular formula is C12H10FN3O4. The van der Waals surface area contributed by atoms with Gasteiger partial charge in [0, 0.05) is 6.42 Å². The third-order valence-corrected chi connectivity index (χ3v) is 2.61. The van der Waals surface area contributed by atoms with E-state index in [0.717, 1.165) is 4.68 Å². The predicted octanol–water partition coefficient (Wildman–Crippen LogP) is 0.791. The van der Waals surface area contributed by atoms with E-state index in [1.54, 1.807) is 0 Å². The molecule has 2 N–H and O–H groups in total. The van der Waals surface area contributed by atoms with Gasteiger partial charge < -0.3 is 10.2 Å². The number of hydrogen-bond donors (Lipinski definition) is 2. The van der Waals surface area contributed by atoms with Crippen molar-refractivity contribution in [1.29, 1.82) is 0 Å². The SMILES string of the molecule is O=C(O)Cn1nnc(C(=O)O)c1Cc1ccc(F)cc1. The lowest BCUT2D eigenvalue weighted by Gasteiger charge is -2.05. The molecule has 1 aromatic heterocycles. The quantitative estimate of drug-likeness (QED) is 0.838. The Kier molecular flexibility index (Phi) is 3.74. The Bertz CT molecular complexity index is 651. The largest absolute Gasteiger partial charge is 0.480 e. The first-order valence-electron chi connectivity index (χ1n) is 5.59. The number of halogens is 1. The molecule has 0 unspecified atom stereocenters. The Morgan fingerprint density at radius 3 is 2.40 bits per heavy atom. The van der Waals surface area contributed by atoms with Gasteiger partial charge in [-0.25, -0.2) is 13.9 Å². The van der Waals surface area contributed by atoms with Crippen LogP contribution in [0.5, 0.6) is 0 Å². The van der Waals surface area contributed by atoms with Crippen molar-refractivity contribution in [1.82, 2.24) is 15.0 Å². The smallest absolute Gasteiger partial charge is 0.358 e. The van der Waals surface area contributed by atoms with Gasteiger partial charge in [-0.1, -0.05) is 17.3 Å². The normalized spacial score (nSPS) is 10.4. The molecule has 0 amide bonds. The van der Waals surface area contributed by atoms with Gasteiger partial charge in [0.15, 0.2) is 5.69 Å². The van der Waals surface area contributed by atoms with E-state index in [0.29, 0.717) is 5.56 Å². The van der Waals surface area contributed by atoms with Gasteiger partial charge in [0.2, 0.25) is 0 Å². The highest BCUT2D eigenvalue weighted by atomic mass is 19.1. The average Bonchev–Trinajstić information content (AvgIpc) is 2.74. The fourth-order valence-corrected chi connectivity index (χ4v) is 1.72. The lowest BCUT2D eigenvalue weighted by atomic mass is 10.1. The van der Waals surface area contributed by atoms with Crippen molar-refractivity contribution in [2.24, 2.45) is 0 Å². The molecule has 2 aromatic rings. The van der Waals surface area contributed by atoms with Crippen LogP contribution in [0, 0.1) is 5.82 Å². The van der Waals surface area contributed by atoms with Crippen LogP contribution in [0.3, 0.4) is 0 Å². The van der Waals surface area contributed by atoms with Gasteiger partial charge in [-0.2, -0.15) is 0 Å². The van der Waals surface area contributed by atoms with Crippen LogP contribution < -0.4 is 0 Å². The van der Waals surface area contributed by atoms with Crippen molar-refractivity contribution in [2.75, 3.05) is 0 Å². The number of nitrogens with zero attached hydrogens (tertiary/aromatic N) is 3. The predicted molar refractivity (Wildman–Crippen MR) is 63.8 cm³/mol. The molecule has 104 valence electrons. The standard InChI is InChI=1S/C12H10FN3O4/c13-8-3-1-7(2-4-8)5-9-11(12(19)20)14-15-16(9)6-10(17)18/h1-4H,5-6H2,(H,17,18)(H,19,20). The molecular weight excluding hydrogens is 269 g/mol. The molecule has 0 saturated carbocycles. The number of rotatable bonds is 5. The maximum atomic E-state index is 12.8. The molecule has 1 heterocycles. The zero-order chi connectivity index (χ0) is 14.7. The van der Waals surface area contributed by atoms with Gasteiger partial charge in [-0.15, -0.1) is 5.10 Å². The Morgan fingerprint density at radius 1 is 1.20 bits per heavy atom. The number of hydrogen-bond acceptors (Lipinski definition) is 4. The van der Waals surface area contributed by atoms with Crippen molar-refractivity contribution in [2.45, 2.75) is 13.0 Å². The molecule has 0 aliphatic rings. The van der Waals surface area contributed by atoms with Gasteiger partial charge in [0.05, 0.1) is 5.69 Å². The third kappa shape index (κ3) is 2.97. The van der Waals surface area contributed by atoms with Crippen LogP contribution in [-0.4, -0.2) is 37.1 Å². The number of carbonyl (C=O) groups is 2. The highest BCUT2D eigenvalue weighted by molar-refractivity contribution is 5.86. The fourth-order valence-electron chi connectivity index (χ4n) is 1.72. The zero-order valence-corrected chi connectivity index (χ0v) is 10.2. The summed E-state index contributed by atoms with van der Waals surface area (Å²) in [5, 5.41) is 24.7. The third-order valence-electron chi connectivity index (χ3n) is 2.61. The number of carboxylic acid groups (broad SMARTS) is 2. The monoisotopic (exact) mass is 279 g/mol. The molecule has 0 atom stereocenters. The Morgan fingerprint density at radius 2 is 1.85 bits per heavy atom. The lowest BCUT2D eigenvalue weighted by molar-refractivity contribution is -0.138. The second-order valence-corrected chi connectivity index (χ2v) is 4.04. The number of carboxylic acids is 2. The first-order valence-corrected chi connectivity index (χ1v) is 5.59. The maximum absolute atomic E-state index is 12.8. The van der Waals surface area contributed by atoms with Crippen molar-refractivity contribution in [3.63, 3.8) is 0 Å². The molecule has 0 saturated heterocycles. The molecule has 0 aliphatic heterocycles. The van der Waals surface area contributed by atoms with Crippen molar-refractivity contribution >= 4 is 11.9 Å². The van der Waals surface area contributed by atoms with Crippen LogP contribution >= 0.6 is 0 Å².